The van der Waals surface area contributed by atoms with Gasteiger partial charge in [0.05, 0.1) is 17.6 Å². The van der Waals surface area contributed by atoms with Crippen LogP contribution in [0.15, 0.2) is 36.7 Å². The molecule has 0 atom stereocenters. The van der Waals surface area contributed by atoms with Crippen molar-refractivity contribution in [1.82, 2.24) is 9.97 Å². The number of carbonyl (C=O) groups is 1. The van der Waals surface area contributed by atoms with E-state index in [9.17, 15) is 9.18 Å². The summed E-state index contributed by atoms with van der Waals surface area (Å²) in [7, 11) is 0. The maximum atomic E-state index is 14.2. The largest absolute Gasteiger partial charge is 0.301 e. The van der Waals surface area contributed by atoms with Crippen LogP contribution in [-0.2, 0) is 0 Å². The Hall–Kier alpha value is -2.30. The first-order valence-corrected chi connectivity index (χ1v) is 7.53. The van der Waals surface area contributed by atoms with Crippen molar-refractivity contribution in [1.29, 1.82) is 0 Å². The van der Waals surface area contributed by atoms with Gasteiger partial charge in [-0.25, -0.2) is 9.37 Å². The molecule has 4 nitrogen and oxygen atoms in total. The van der Waals surface area contributed by atoms with Crippen molar-refractivity contribution in [3.05, 3.63) is 53.9 Å². The van der Waals surface area contributed by atoms with Crippen molar-refractivity contribution in [2.45, 2.75) is 38.6 Å². The molecule has 1 aliphatic carbocycles. The van der Waals surface area contributed by atoms with Crippen LogP contribution in [0.2, 0.25) is 0 Å². The summed E-state index contributed by atoms with van der Waals surface area (Å²) < 4.78 is 14.2. The fraction of sp³-hybridized carbons (Fsp3) is 0.353. The van der Waals surface area contributed by atoms with Crippen molar-refractivity contribution in [3.8, 4) is 0 Å². The van der Waals surface area contributed by atoms with Gasteiger partial charge in [-0.2, -0.15) is 0 Å². The van der Waals surface area contributed by atoms with Gasteiger partial charge in [0.2, 0.25) is 0 Å². The number of hydrogen-bond donors (Lipinski definition) is 0. The minimum absolute atomic E-state index is 0.0208. The van der Waals surface area contributed by atoms with Crippen LogP contribution in [-0.4, -0.2) is 21.9 Å². The Bertz CT molecular complexity index is 666. The highest BCUT2D eigenvalue weighted by Crippen LogP contribution is 2.31. The number of carbonyl (C=O) groups excluding carboxylic acids is 1. The maximum Gasteiger partial charge on any atom is 0.278 e. The first kappa shape index (κ1) is 14.6. The number of halogens is 1. The minimum atomic E-state index is -0.386. The number of aromatic nitrogens is 2. The quantitative estimate of drug-likeness (QED) is 0.871. The van der Waals surface area contributed by atoms with E-state index in [1.54, 1.807) is 29.3 Å². The van der Waals surface area contributed by atoms with Crippen molar-refractivity contribution in [3.63, 3.8) is 0 Å². The van der Waals surface area contributed by atoms with Crippen LogP contribution in [0.5, 0.6) is 0 Å². The zero-order chi connectivity index (χ0) is 15.5. The fourth-order valence-corrected chi connectivity index (χ4v) is 2.91. The standard InChI is InChI=1S/C17H18FN3O/c1-12-10-20-15(11-19-12)17(22)21(13-6-2-3-7-13)16-9-5-4-8-14(16)18/h4-5,8-11,13H,2-3,6-7H2,1H3. The van der Waals surface area contributed by atoms with Crippen molar-refractivity contribution in [2.24, 2.45) is 0 Å². The molecule has 2 aromatic rings. The van der Waals surface area contributed by atoms with Crippen LogP contribution in [0.25, 0.3) is 0 Å². The first-order chi connectivity index (χ1) is 10.7. The SMILES string of the molecule is Cc1cnc(C(=O)N(c2ccccc2F)C2CCCC2)cn1. The summed E-state index contributed by atoms with van der Waals surface area (Å²) in [5, 5.41) is 0. The summed E-state index contributed by atoms with van der Waals surface area (Å²) in [6.45, 7) is 1.81. The molecular weight excluding hydrogens is 281 g/mol. The lowest BCUT2D eigenvalue weighted by Crippen LogP contribution is -2.40. The molecule has 0 unspecified atom stereocenters. The molecular formula is C17H18FN3O. The number of benzene rings is 1. The van der Waals surface area contributed by atoms with Crippen LogP contribution < -0.4 is 4.90 Å². The van der Waals surface area contributed by atoms with Crippen LogP contribution in [0.3, 0.4) is 0 Å². The monoisotopic (exact) mass is 299 g/mol. The zero-order valence-electron chi connectivity index (χ0n) is 12.5. The van der Waals surface area contributed by atoms with Gasteiger partial charge in [0.1, 0.15) is 11.5 Å². The van der Waals surface area contributed by atoms with E-state index in [1.807, 2.05) is 6.92 Å². The van der Waals surface area contributed by atoms with Crippen molar-refractivity contribution in [2.75, 3.05) is 4.90 Å². The molecule has 1 aromatic carbocycles. The normalized spacial score (nSPS) is 15.0. The Balaban J connectivity index is 2.00. The second-order valence-corrected chi connectivity index (χ2v) is 5.61. The molecule has 1 fully saturated rings. The van der Waals surface area contributed by atoms with Crippen LogP contribution in [0.4, 0.5) is 10.1 Å². The maximum absolute atomic E-state index is 14.2. The van der Waals surface area contributed by atoms with Crippen molar-refractivity contribution < 1.29 is 9.18 Å². The minimum Gasteiger partial charge on any atom is -0.301 e. The van der Waals surface area contributed by atoms with Crippen LogP contribution in [0, 0.1) is 12.7 Å². The fourth-order valence-electron chi connectivity index (χ4n) is 2.91. The summed E-state index contributed by atoms with van der Waals surface area (Å²) in [6, 6.07) is 6.42. The molecule has 114 valence electrons. The molecule has 0 spiro atoms. The van der Waals surface area contributed by atoms with Gasteiger partial charge in [-0.05, 0) is 31.9 Å². The zero-order valence-corrected chi connectivity index (χ0v) is 12.5. The van der Waals surface area contributed by atoms with E-state index >= 15 is 0 Å². The highest BCUT2D eigenvalue weighted by molar-refractivity contribution is 6.05. The Labute approximate surface area is 129 Å². The molecule has 22 heavy (non-hydrogen) atoms. The molecule has 1 aliphatic rings. The molecule has 0 N–H and O–H groups in total. The molecule has 5 heteroatoms. The topological polar surface area (TPSA) is 46.1 Å². The number of anilines is 1. The van der Waals surface area contributed by atoms with Gasteiger partial charge in [-0.1, -0.05) is 25.0 Å². The Morgan fingerprint density at radius 1 is 1.18 bits per heavy atom. The molecule has 1 amide bonds. The summed E-state index contributed by atoms with van der Waals surface area (Å²) in [6.07, 6.45) is 6.91. The lowest BCUT2D eigenvalue weighted by molar-refractivity contribution is 0.0970. The number of nitrogens with zero attached hydrogens (tertiary/aromatic N) is 3. The summed E-state index contributed by atoms with van der Waals surface area (Å²) >= 11 is 0. The van der Waals surface area contributed by atoms with E-state index in [1.165, 1.54) is 12.3 Å². The summed E-state index contributed by atoms with van der Waals surface area (Å²) in [5.74, 6) is -0.674. The Kier molecular flexibility index (Phi) is 4.13. The summed E-state index contributed by atoms with van der Waals surface area (Å²) in [5.41, 5.74) is 1.32. The summed E-state index contributed by atoms with van der Waals surface area (Å²) in [4.78, 5) is 22.7. The lowest BCUT2D eigenvalue weighted by Gasteiger charge is -2.29. The Morgan fingerprint density at radius 3 is 2.55 bits per heavy atom. The average Bonchev–Trinajstić information content (AvgIpc) is 3.04. The van der Waals surface area contributed by atoms with Gasteiger partial charge >= 0.3 is 0 Å². The smallest absolute Gasteiger partial charge is 0.278 e. The van der Waals surface area contributed by atoms with E-state index in [2.05, 4.69) is 9.97 Å². The van der Waals surface area contributed by atoms with Crippen LogP contribution in [0.1, 0.15) is 41.9 Å². The van der Waals surface area contributed by atoms with Crippen LogP contribution >= 0.6 is 0 Å². The van der Waals surface area contributed by atoms with E-state index in [0.29, 0.717) is 5.69 Å². The molecule has 3 rings (SSSR count). The highest BCUT2D eigenvalue weighted by atomic mass is 19.1. The number of rotatable bonds is 3. The lowest BCUT2D eigenvalue weighted by atomic mass is 10.1. The van der Waals surface area contributed by atoms with Crippen molar-refractivity contribution >= 4 is 11.6 Å². The van der Waals surface area contributed by atoms with Gasteiger partial charge in [-0.3, -0.25) is 9.78 Å². The Morgan fingerprint density at radius 2 is 1.91 bits per heavy atom. The third-order valence-electron chi connectivity index (χ3n) is 4.02. The molecule has 1 saturated carbocycles. The van der Waals surface area contributed by atoms with E-state index < -0.39 is 0 Å². The molecule has 1 aromatic heterocycles. The predicted octanol–water partition coefficient (Wildman–Crippen LogP) is 3.51. The molecule has 0 aliphatic heterocycles. The van der Waals surface area contributed by atoms with E-state index in [-0.39, 0.29) is 23.5 Å². The third-order valence-corrected chi connectivity index (χ3v) is 4.02. The van der Waals surface area contributed by atoms with Gasteiger partial charge in [-0.15, -0.1) is 0 Å². The van der Waals surface area contributed by atoms with Gasteiger partial charge in [0.15, 0.2) is 0 Å². The van der Waals surface area contributed by atoms with E-state index in [4.69, 9.17) is 0 Å². The van der Waals surface area contributed by atoms with Gasteiger partial charge in [0.25, 0.3) is 5.91 Å². The molecule has 1 heterocycles. The third kappa shape index (κ3) is 2.84. The number of amides is 1. The van der Waals surface area contributed by atoms with E-state index in [0.717, 1.165) is 31.4 Å². The number of para-hydroxylation sites is 1. The second kappa shape index (κ2) is 6.22. The average molecular weight is 299 g/mol. The number of hydrogen-bond acceptors (Lipinski definition) is 3. The predicted molar refractivity (Wildman–Crippen MR) is 82.2 cm³/mol. The highest BCUT2D eigenvalue weighted by Gasteiger charge is 2.31. The first-order valence-electron chi connectivity index (χ1n) is 7.53. The molecule has 0 bridgehead atoms. The van der Waals surface area contributed by atoms with Gasteiger partial charge in [0, 0.05) is 12.2 Å². The number of aryl methyl sites for hydroxylation is 1. The van der Waals surface area contributed by atoms with Gasteiger partial charge < -0.3 is 4.90 Å². The molecule has 0 radical (unpaired) electrons. The second-order valence-electron chi connectivity index (χ2n) is 5.61. The molecule has 0 saturated heterocycles.